The van der Waals surface area contributed by atoms with Gasteiger partial charge >= 0.3 is 0 Å². The summed E-state index contributed by atoms with van der Waals surface area (Å²) in [5.74, 6) is -0.592. The molecule has 1 aliphatic carbocycles. The number of ether oxygens (including phenoxy) is 1. The van der Waals surface area contributed by atoms with Gasteiger partial charge in [0, 0.05) is 0 Å². The highest BCUT2D eigenvalue weighted by Crippen LogP contribution is 2.35. The number of hydrogen-bond acceptors (Lipinski definition) is 4. The Morgan fingerprint density at radius 2 is 1.93 bits per heavy atom. The van der Waals surface area contributed by atoms with E-state index in [0.29, 0.717) is 0 Å². The van der Waals surface area contributed by atoms with Crippen LogP contribution in [0.3, 0.4) is 0 Å². The van der Waals surface area contributed by atoms with Gasteiger partial charge in [-0.25, -0.2) is 0 Å². The van der Waals surface area contributed by atoms with Gasteiger partial charge in [0.05, 0.1) is 6.07 Å². The zero-order chi connectivity index (χ0) is 10.1. The number of amides is 2. The Morgan fingerprint density at radius 3 is 2.36 bits per heavy atom. The van der Waals surface area contributed by atoms with Crippen molar-refractivity contribution in [3.8, 4) is 6.07 Å². The van der Waals surface area contributed by atoms with Crippen LogP contribution >= 0.6 is 0 Å². The van der Waals surface area contributed by atoms with E-state index in [0.717, 1.165) is 17.7 Å². The van der Waals surface area contributed by atoms with Gasteiger partial charge < -0.3 is 4.74 Å². The second kappa shape index (κ2) is 3.39. The van der Waals surface area contributed by atoms with Crippen LogP contribution in [0.4, 0.5) is 0 Å². The summed E-state index contributed by atoms with van der Waals surface area (Å²) in [5, 5.41) is 8.89. The van der Waals surface area contributed by atoms with Crippen LogP contribution in [-0.2, 0) is 14.3 Å². The van der Waals surface area contributed by atoms with Gasteiger partial charge in [0.25, 0.3) is 11.8 Å². The summed E-state index contributed by atoms with van der Waals surface area (Å²) >= 11 is 0. The zero-order valence-electron chi connectivity index (χ0n) is 7.60. The van der Waals surface area contributed by atoms with Gasteiger partial charge in [-0.1, -0.05) is 0 Å². The second-order valence-corrected chi connectivity index (χ2v) is 3.56. The normalized spacial score (nSPS) is 24.6. The van der Waals surface area contributed by atoms with Gasteiger partial charge in [-0.15, -0.1) is 0 Å². The van der Waals surface area contributed by atoms with Crippen molar-refractivity contribution in [1.82, 2.24) is 4.90 Å². The molecule has 1 unspecified atom stereocenters. The Balaban J connectivity index is 2.16. The van der Waals surface area contributed by atoms with Crippen LogP contribution in [0.2, 0.25) is 0 Å². The molecule has 0 aromatic carbocycles. The Labute approximate surface area is 81.2 Å². The van der Waals surface area contributed by atoms with Gasteiger partial charge in [-0.3, -0.25) is 14.5 Å². The van der Waals surface area contributed by atoms with Crippen LogP contribution < -0.4 is 0 Å². The van der Waals surface area contributed by atoms with Crippen LogP contribution in [0.5, 0.6) is 0 Å². The molecule has 5 heteroatoms. The lowest BCUT2D eigenvalue weighted by Gasteiger charge is -2.28. The number of hydrogen-bond donors (Lipinski definition) is 0. The van der Waals surface area contributed by atoms with E-state index in [2.05, 4.69) is 0 Å². The maximum Gasteiger partial charge on any atom is 0.256 e. The minimum absolute atomic E-state index is 0.0867. The highest BCUT2D eigenvalue weighted by Gasteiger charge is 2.42. The fourth-order valence-electron chi connectivity index (χ4n) is 1.60. The third-order valence-corrected chi connectivity index (χ3v) is 2.47. The van der Waals surface area contributed by atoms with E-state index in [9.17, 15) is 9.59 Å². The Bertz CT molecular complexity index is 301. The highest BCUT2D eigenvalue weighted by atomic mass is 16.5. The molecule has 0 radical (unpaired) electrons. The summed E-state index contributed by atoms with van der Waals surface area (Å²) in [6.07, 6.45) is 1.85. The van der Waals surface area contributed by atoms with Crippen molar-refractivity contribution < 1.29 is 14.3 Å². The van der Waals surface area contributed by atoms with E-state index in [1.807, 2.05) is 6.07 Å². The molecule has 1 heterocycles. The number of nitrogens with zero attached hydrogens (tertiary/aromatic N) is 2. The Hall–Kier alpha value is -1.41. The second-order valence-electron chi connectivity index (χ2n) is 3.56. The first kappa shape index (κ1) is 9.16. The molecule has 2 rings (SSSR count). The van der Waals surface area contributed by atoms with Crippen molar-refractivity contribution in [1.29, 1.82) is 5.26 Å². The average Bonchev–Trinajstić information content (AvgIpc) is 2.95. The summed E-state index contributed by atoms with van der Waals surface area (Å²) in [6.45, 7) is -0.173. The molecule has 0 N–H and O–H groups in total. The van der Waals surface area contributed by atoms with E-state index in [1.54, 1.807) is 0 Å². The first-order valence-corrected chi connectivity index (χ1v) is 4.56. The molecule has 74 valence electrons. The molecule has 1 saturated carbocycles. The minimum atomic E-state index is -0.570. The number of morpholine rings is 1. The molecular formula is C9H10N2O3. The predicted molar refractivity (Wildman–Crippen MR) is 44.8 cm³/mol. The molecule has 2 amide bonds. The third-order valence-electron chi connectivity index (χ3n) is 2.47. The smallest absolute Gasteiger partial charge is 0.256 e. The molecule has 1 aliphatic heterocycles. The van der Waals surface area contributed by atoms with Crippen LogP contribution in [-0.4, -0.2) is 36.0 Å². The molecule has 0 aromatic rings. The van der Waals surface area contributed by atoms with Gasteiger partial charge in [0.1, 0.15) is 19.3 Å². The largest absolute Gasteiger partial charge is 0.362 e. The molecule has 14 heavy (non-hydrogen) atoms. The lowest BCUT2D eigenvalue weighted by atomic mass is 10.1. The number of imide groups is 1. The van der Waals surface area contributed by atoms with Crippen molar-refractivity contribution in [3.05, 3.63) is 0 Å². The first-order chi connectivity index (χ1) is 6.74. The molecular weight excluding hydrogens is 184 g/mol. The topological polar surface area (TPSA) is 70.4 Å². The third kappa shape index (κ3) is 1.49. The van der Waals surface area contributed by atoms with E-state index in [4.69, 9.17) is 10.00 Å². The predicted octanol–water partition coefficient (Wildman–Crippen LogP) is -0.326. The van der Waals surface area contributed by atoms with Crippen molar-refractivity contribution in [2.75, 3.05) is 13.2 Å². The van der Waals surface area contributed by atoms with E-state index < -0.39 is 6.04 Å². The summed E-state index contributed by atoms with van der Waals surface area (Å²) < 4.78 is 4.77. The van der Waals surface area contributed by atoms with E-state index >= 15 is 0 Å². The molecule has 1 saturated heterocycles. The van der Waals surface area contributed by atoms with E-state index in [-0.39, 0.29) is 30.9 Å². The molecule has 0 aromatic heterocycles. The fraction of sp³-hybridized carbons (Fsp3) is 0.667. The summed E-state index contributed by atoms with van der Waals surface area (Å²) in [4.78, 5) is 23.8. The van der Waals surface area contributed by atoms with Crippen LogP contribution in [0.25, 0.3) is 0 Å². The van der Waals surface area contributed by atoms with Crippen LogP contribution in [0.15, 0.2) is 0 Å². The lowest BCUT2D eigenvalue weighted by molar-refractivity contribution is -0.160. The molecule has 1 atom stereocenters. The molecule has 2 aliphatic rings. The highest BCUT2D eigenvalue weighted by molar-refractivity contribution is 5.99. The van der Waals surface area contributed by atoms with Gasteiger partial charge in [0.2, 0.25) is 0 Å². The average molecular weight is 194 g/mol. The van der Waals surface area contributed by atoms with Crippen LogP contribution in [0.1, 0.15) is 12.8 Å². The van der Waals surface area contributed by atoms with E-state index in [1.165, 1.54) is 0 Å². The Morgan fingerprint density at radius 1 is 1.36 bits per heavy atom. The van der Waals surface area contributed by atoms with Crippen molar-refractivity contribution in [3.63, 3.8) is 0 Å². The fourth-order valence-corrected chi connectivity index (χ4v) is 1.60. The lowest BCUT2D eigenvalue weighted by Crippen LogP contribution is -2.51. The van der Waals surface area contributed by atoms with Crippen molar-refractivity contribution in [2.45, 2.75) is 18.9 Å². The molecule has 2 fully saturated rings. The first-order valence-electron chi connectivity index (χ1n) is 4.56. The van der Waals surface area contributed by atoms with Crippen molar-refractivity contribution >= 4 is 11.8 Å². The number of rotatable bonds is 2. The maximum atomic E-state index is 11.4. The molecule has 0 bridgehead atoms. The summed E-state index contributed by atoms with van der Waals surface area (Å²) in [5.41, 5.74) is 0. The number of carbonyl (C=O) groups excluding carboxylic acids is 2. The van der Waals surface area contributed by atoms with Gasteiger partial charge in [0.15, 0.2) is 0 Å². The summed E-state index contributed by atoms with van der Waals surface area (Å²) in [6, 6.07) is 1.45. The van der Waals surface area contributed by atoms with Crippen molar-refractivity contribution in [2.24, 2.45) is 5.92 Å². The maximum absolute atomic E-state index is 11.4. The standard InChI is InChI=1S/C9H10N2O3/c10-3-7(6-1-2-6)11-8(12)4-14-5-9(11)13/h6-7H,1-2,4-5H2. The number of nitriles is 1. The Kier molecular flexibility index (Phi) is 2.22. The monoisotopic (exact) mass is 194 g/mol. The minimum Gasteiger partial charge on any atom is -0.362 e. The molecule has 0 spiro atoms. The van der Waals surface area contributed by atoms with Gasteiger partial charge in [-0.05, 0) is 18.8 Å². The number of carbonyl (C=O) groups is 2. The quantitative estimate of drug-likeness (QED) is 0.564. The zero-order valence-corrected chi connectivity index (χ0v) is 7.60. The van der Waals surface area contributed by atoms with Crippen LogP contribution in [0, 0.1) is 17.2 Å². The van der Waals surface area contributed by atoms with Gasteiger partial charge in [-0.2, -0.15) is 5.26 Å². The molecule has 5 nitrogen and oxygen atoms in total. The SMILES string of the molecule is N#CC(C1CC1)N1C(=O)COCC1=O. The summed E-state index contributed by atoms with van der Waals surface area (Å²) in [7, 11) is 0.